The molecule has 0 fully saturated rings. The number of rotatable bonds is 9. The Bertz CT molecular complexity index is 1510. The molecule has 0 aliphatic rings. The summed E-state index contributed by atoms with van der Waals surface area (Å²) in [7, 11) is 0. The Morgan fingerprint density at radius 3 is 2.54 bits per heavy atom. The van der Waals surface area contributed by atoms with Gasteiger partial charge in [-0.25, -0.2) is 24.1 Å². The zero-order chi connectivity index (χ0) is 28.3. The molecule has 3 heterocycles. The first-order valence-electron chi connectivity index (χ1n) is 11.8. The van der Waals surface area contributed by atoms with Crippen LogP contribution in [0.5, 0.6) is 0 Å². The standard InChI is InChI=1S/C24H24ClF3N8O3/c1-3-14(2)22(38)31-20-17(5-4-10-29-20)36-13-30-19(32-36)12-35-23(39)34(11-18(37)24(26,27)28)21(33-35)15-6-8-16(25)9-7-15/h4-10,13-14,18,37H,3,11-12H2,1-2H3,(H,29,31,38)/t14-,18-/m0/s1. The van der Waals surface area contributed by atoms with Gasteiger partial charge in [0.15, 0.2) is 23.6 Å². The molecule has 3 aromatic heterocycles. The van der Waals surface area contributed by atoms with Crippen LogP contribution in [0.15, 0.2) is 53.7 Å². The van der Waals surface area contributed by atoms with Crippen LogP contribution in [0.2, 0.25) is 5.02 Å². The summed E-state index contributed by atoms with van der Waals surface area (Å²) >= 11 is 5.91. The predicted molar refractivity (Wildman–Crippen MR) is 135 cm³/mol. The zero-order valence-corrected chi connectivity index (χ0v) is 21.6. The van der Waals surface area contributed by atoms with E-state index in [1.165, 1.54) is 41.5 Å². The highest BCUT2D eigenvalue weighted by molar-refractivity contribution is 6.30. The van der Waals surface area contributed by atoms with E-state index in [0.29, 0.717) is 22.7 Å². The maximum absolute atomic E-state index is 13.1. The minimum absolute atomic E-state index is 0.0956. The lowest BCUT2D eigenvalue weighted by molar-refractivity contribution is -0.207. The van der Waals surface area contributed by atoms with Gasteiger partial charge in [0.05, 0.1) is 6.54 Å². The number of benzene rings is 1. The van der Waals surface area contributed by atoms with E-state index in [-0.39, 0.29) is 35.8 Å². The first kappa shape index (κ1) is 28.0. The van der Waals surface area contributed by atoms with Gasteiger partial charge in [0.25, 0.3) is 0 Å². The number of anilines is 1. The Kier molecular flexibility index (Phi) is 8.16. The third-order valence-corrected chi connectivity index (χ3v) is 6.18. The fourth-order valence-corrected chi connectivity index (χ4v) is 3.65. The third kappa shape index (κ3) is 6.34. The monoisotopic (exact) mass is 564 g/mol. The highest BCUT2D eigenvalue weighted by Gasteiger charge is 2.39. The SMILES string of the molecule is CC[C@H](C)C(=O)Nc1ncccc1-n1cnc(Cn2nc(-c3ccc(Cl)cc3)n(C[C@H](O)C(F)(F)F)c2=O)n1. The van der Waals surface area contributed by atoms with Crippen molar-refractivity contribution in [2.24, 2.45) is 5.92 Å². The number of pyridine rings is 1. The largest absolute Gasteiger partial charge is 0.416 e. The zero-order valence-electron chi connectivity index (χ0n) is 20.8. The lowest BCUT2D eigenvalue weighted by Crippen LogP contribution is -2.37. The molecule has 0 unspecified atom stereocenters. The Morgan fingerprint density at radius 1 is 1.15 bits per heavy atom. The average Bonchev–Trinajstić information content (AvgIpc) is 3.49. The van der Waals surface area contributed by atoms with Gasteiger partial charge in [-0.1, -0.05) is 25.4 Å². The van der Waals surface area contributed by atoms with Crippen molar-refractivity contribution in [3.63, 3.8) is 0 Å². The number of aliphatic hydroxyl groups is 1. The second-order valence-corrected chi connectivity index (χ2v) is 9.15. The second-order valence-electron chi connectivity index (χ2n) is 8.71. The number of halogens is 4. The lowest BCUT2D eigenvalue weighted by atomic mass is 10.1. The Hall–Kier alpha value is -4.04. The van der Waals surface area contributed by atoms with Crippen LogP contribution in [0.3, 0.4) is 0 Å². The van der Waals surface area contributed by atoms with E-state index in [2.05, 4.69) is 25.5 Å². The normalized spacial score (nSPS) is 13.3. The molecule has 1 aromatic carbocycles. The van der Waals surface area contributed by atoms with Gasteiger partial charge in [0, 0.05) is 22.7 Å². The molecular weight excluding hydrogens is 541 g/mol. The van der Waals surface area contributed by atoms with Crippen LogP contribution < -0.4 is 11.0 Å². The van der Waals surface area contributed by atoms with Crippen molar-refractivity contribution in [1.82, 2.24) is 34.1 Å². The van der Waals surface area contributed by atoms with Crippen LogP contribution in [-0.4, -0.2) is 57.4 Å². The van der Waals surface area contributed by atoms with E-state index >= 15 is 0 Å². The summed E-state index contributed by atoms with van der Waals surface area (Å²) in [6, 6.07) is 9.30. The van der Waals surface area contributed by atoms with E-state index in [4.69, 9.17) is 11.6 Å². The summed E-state index contributed by atoms with van der Waals surface area (Å²) in [6.07, 6.45) is -4.23. The molecule has 0 spiro atoms. The van der Waals surface area contributed by atoms with Crippen molar-refractivity contribution in [3.05, 3.63) is 70.3 Å². The third-order valence-electron chi connectivity index (χ3n) is 5.92. The molecule has 39 heavy (non-hydrogen) atoms. The quantitative estimate of drug-likeness (QED) is 0.319. The molecule has 0 aliphatic carbocycles. The molecule has 0 radical (unpaired) electrons. The van der Waals surface area contributed by atoms with Gasteiger partial charge in [0.2, 0.25) is 5.91 Å². The van der Waals surface area contributed by atoms with Crippen LogP contribution in [0.4, 0.5) is 19.0 Å². The van der Waals surface area contributed by atoms with Crippen molar-refractivity contribution in [1.29, 1.82) is 0 Å². The number of aliphatic hydroxyl groups excluding tert-OH is 1. The van der Waals surface area contributed by atoms with E-state index in [1.807, 2.05) is 6.92 Å². The van der Waals surface area contributed by atoms with Crippen LogP contribution in [0, 0.1) is 5.92 Å². The molecule has 0 aliphatic heterocycles. The van der Waals surface area contributed by atoms with Crippen LogP contribution >= 0.6 is 11.6 Å². The van der Waals surface area contributed by atoms with Crippen LogP contribution in [0.25, 0.3) is 17.1 Å². The smallest absolute Gasteiger partial charge is 0.382 e. The fourth-order valence-electron chi connectivity index (χ4n) is 3.52. The summed E-state index contributed by atoms with van der Waals surface area (Å²) < 4.78 is 42.2. The minimum atomic E-state index is -4.94. The van der Waals surface area contributed by atoms with Gasteiger partial charge in [0.1, 0.15) is 18.6 Å². The maximum Gasteiger partial charge on any atom is 0.416 e. The number of nitrogens with zero attached hydrogens (tertiary/aromatic N) is 7. The number of amides is 1. The van der Waals surface area contributed by atoms with Crippen molar-refractivity contribution >= 4 is 23.3 Å². The Morgan fingerprint density at radius 2 is 1.87 bits per heavy atom. The van der Waals surface area contributed by atoms with Crippen molar-refractivity contribution in [2.75, 3.05) is 5.32 Å². The van der Waals surface area contributed by atoms with E-state index < -0.39 is 24.5 Å². The molecule has 2 atom stereocenters. The molecule has 0 saturated carbocycles. The summed E-state index contributed by atoms with van der Waals surface area (Å²) in [5.41, 5.74) is -0.163. The molecular formula is C24H24ClF3N8O3. The molecule has 4 aromatic rings. The van der Waals surface area contributed by atoms with Crippen molar-refractivity contribution in [2.45, 2.75) is 45.6 Å². The van der Waals surface area contributed by atoms with Gasteiger partial charge >= 0.3 is 11.9 Å². The Labute approximate surface area is 224 Å². The van der Waals surface area contributed by atoms with E-state index in [1.54, 1.807) is 19.1 Å². The first-order chi connectivity index (χ1) is 18.5. The molecule has 15 heteroatoms. The molecule has 0 saturated heterocycles. The second kappa shape index (κ2) is 11.4. The summed E-state index contributed by atoms with van der Waals surface area (Å²) in [5.74, 6) is -0.179. The molecule has 206 valence electrons. The topological polar surface area (TPSA) is 133 Å². The van der Waals surface area contributed by atoms with Crippen LogP contribution in [0.1, 0.15) is 26.1 Å². The van der Waals surface area contributed by atoms with Gasteiger partial charge in [-0.2, -0.15) is 13.2 Å². The number of hydrogen-bond donors (Lipinski definition) is 2. The highest BCUT2D eigenvalue weighted by atomic mass is 35.5. The molecule has 11 nitrogen and oxygen atoms in total. The average molecular weight is 565 g/mol. The molecule has 1 amide bonds. The minimum Gasteiger partial charge on any atom is -0.382 e. The molecule has 4 rings (SSSR count). The lowest BCUT2D eigenvalue weighted by Gasteiger charge is -2.15. The summed E-state index contributed by atoms with van der Waals surface area (Å²) in [4.78, 5) is 33.8. The number of nitrogens with one attached hydrogen (secondary N) is 1. The van der Waals surface area contributed by atoms with E-state index in [9.17, 15) is 27.9 Å². The summed E-state index contributed by atoms with van der Waals surface area (Å²) in [6.45, 7) is 2.33. The Balaban J connectivity index is 1.66. The number of alkyl halides is 3. The number of hydrogen-bond acceptors (Lipinski definition) is 7. The number of carbonyl (C=O) groups excluding carboxylic acids is 1. The highest BCUT2D eigenvalue weighted by Crippen LogP contribution is 2.24. The predicted octanol–water partition coefficient (Wildman–Crippen LogP) is 3.30. The van der Waals surface area contributed by atoms with Gasteiger partial charge < -0.3 is 10.4 Å². The summed E-state index contributed by atoms with van der Waals surface area (Å²) in [5, 5.41) is 21.3. The molecule has 2 N–H and O–H groups in total. The van der Waals surface area contributed by atoms with Crippen molar-refractivity contribution in [3.8, 4) is 17.1 Å². The number of aromatic nitrogens is 7. The van der Waals surface area contributed by atoms with Gasteiger partial charge in [-0.3, -0.25) is 9.36 Å². The van der Waals surface area contributed by atoms with Crippen LogP contribution in [-0.2, 0) is 17.9 Å². The number of carbonyl (C=O) groups is 1. The van der Waals surface area contributed by atoms with Gasteiger partial charge in [-0.05, 0) is 42.8 Å². The van der Waals surface area contributed by atoms with Gasteiger partial charge in [-0.15, -0.1) is 10.2 Å². The van der Waals surface area contributed by atoms with Crippen molar-refractivity contribution < 1.29 is 23.1 Å². The molecule has 0 bridgehead atoms. The first-order valence-corrected chi connectivity index (χ1v) is 12.2. The fraction of sp³-hybridized carbons (Fsp3) is 0.333. The maximum atomic E-state index is 13.1. The van der Waals surface area contributed by atoms with E-state index in [0.717, 1.165) is 9.25 Å².